The van der Waals surface area contributed by atoms with Gasteiger partial charge in [0.05, 0.1) is 11.3 Å². The average molecular weight is 305 g/mol. The van der Waals surface area contributed by atoms with Crippen molar-refractivity contribution >= 4 is 22.9 Å². The Morgan fingerprint density at radius 3 is 2.50 bits per heavy atom. The minimum atomic E-state index is -0.543. The fourth-order valence-corrected chi connectivity index (χ4v) is 2.87. The monoisotopic (exact) mass is 304 g/mol. The van der Waals surface area contributed by atoms with Crippen LogP contribution in [-0.2, 0) is 0 Å². The Balaban J connectivity index is 2.36. The third-order valence-corrected chi connectivity index (χ3v) is 3.84. The third kappa shape index (κ3) is 2.11. The van der Waals surface area contributed by atoms with E-state index >= 15 is 0 Å². The Morgan fingerprint density at radius 1 is 1.10 bits per heavy atom. The van der Waals surface area contributed by atoms with Crippen molar-refractivity contribution in [2.75, 3.05) is 0 Å². The molecular weight excluding hydrogens is 296 g/mol. The third-order valence-electron chi connectivity index (χ3n) is 2.88. The molecule has 100 valence electrons. The lowest BCUT2D eigenvalue weighted by atomic mass is 10.1. The van der Waals surface area contributed by atoms with E-state index in [1.165, 1.54) is 11.3 Å². The molecule has 2 heterocycles. The second-order valence-corrected chi connectivity index (χ2v) is 5.27. The van der Waals surface area contributed by atoms with E-state index < -0.39 is 11.2 Å². The first-order chi connectivity index (χ1) is 9.68. The highest BCUT2D eigenvalue weighted by atomic mass is 35.5. The van der Waals surface area contributed by atoms with Crippen LogP contribution in [0.2, 0.25) is 5.15 Å². The maximum atomic E-state index is 12.6. The minimum Gasteiger partial charge on any atom is -0.297 e. The average Bonchev–Trinajstić information content (AvgIpc) is 2.93. The number of H-pyrrole nitrogens is 1. The number of rotatable bonds is 2. The second-order valence-electron chi connectivity index (χ2n) is 4.11. The first-order valence-corrected chi connectivity index (χ1v) is 7.13. The molecule has 0 amide bonds. The summed E-state index contributed by atoms with van der Waals surface area (Å²) >= 11 is 7.45. The van der Waals surface area contributed by atoms with Gasteiger partial charge in [-0.1, -0.05) is 41.9 Å². The highest BCUT2D eigenvalue weighted by Gasteiger charge is 2.15. The van der Waals surface area contributed by atoms with Crippen molar-refractivity contribution in [1.82, 2.24) is 9.55 Å². The van der Waals surface area contributed by atoms with Gasteiger partial charge in [-0.25, -0.2) is 9.36 Å². The van der Waals surface area contributed by atoms with Crippen LogP contribution in [0.1, 0.15) is 0 Å². The van der Waals surface area contributed by atoms with Crippen molar-refractivity contribution in [2.24, 2.45) is 0 Å². The first-order valence-electron chi connectivity index (χ1n) is 5.81. The van der Waals surface area contributed by atoms with Gasteiger partial charge in [0.25, 0.3) is 5.56 Å². The molecule has 1 aromatic carbocycles. The van der Waals surface area contributed by atoms with E-state index in [2.05, 4.69) is 4.98 Å². The highest BCUT2D eigenvalue weighted by molar-refractivity contribution is 7.08. The van der Waals surface area contributed by atoms with Gasteiger partial charge in [0.15, 0.2) is 0 Å². The van der Waals surface area contributed by atoms with Crippen LogP contribution in [0.4, 0.5) is 0 Å². The van der Waals surface area contributed by atoms with Crippen LogP contribution in [0, 0.1) is 0 Å². The Hall–Kier alpha value is -2.11. The molecule has 4 nitrogen and oxygen atoms in total. The Labute approximate surface area is 122 Å². The zero-order valence-corrected chi connectivity index (χ0v) is 11.7. The van der Waals surface area contributed by atoms with E-state index in [4.69, 9.17) is 11.6 Å². The van der Waals surface area contributed by atoms with Gasteiger partial charge in [0.2, 0.25) is 0 Å². The summed E-state index contributed by atoms with van der Waals surface area (Å²) in [6.45, 7) is 0. The second kappa shape index (κ2) is 5.11. The van der Waals surface area contributed by atoms with Crippen LogP contribution in [-0.4, -0.2) is 9.55 Å². The fourth-order valence-electron chi connectivity index (χ4n) is 1.98. The quantitative estimate of drug-likeness (QED) is 0.740. The van der Waals surface area contributed by atoms with E-state index in [0.717, 1.165) is 4.57 Å². The number of benzene rings is 1. The van der Waals surface area contributed by atoms with Crippen LogP contribution < -0.4 is 11.2 Å². The largest absolute Gasteiger partial charge is 0.334 e. The summed E-state index contributed by atoms with van der Waals surface area (Å²) in [5, 5.41) is 3.59. The molecular formula is C14H9ClN2O2S. The number of nitrogens with one attached hydrogen (secondary N) is 1. The molecule has 0 atom stereocenters. The molecule has 1 N–H and O–H groups in total. The topological polar surface area (TPSA) is 54.9 Å². The van der Waals surface area contributed by atoms with Crippen molar-refractivity contribution in [1.29, 1.82) is 0 Å². The molecule has 0 radical (unpaired) electrons. The van der Waals surface area contributed by atoms with Gasteiger partial charge >= 0.3 is 5.69 Å². The van der Waals surface area contributed by atoms with Gasteiger partial charge in [-0.05, 0) is 17.0 Å². The number of aromatic amines is 1. The van der Waals surface area contributed by atoms with Gasteiger partial charge in [-0.15, -0.1) is 0 Å². The first kappa shape index (κ1) is 12.9. The molecule has 0 aliphatic heterocycles. The Bertz CT molecular complexity index is 851. The van der Waals surface area contributed by atoms with Gasteiger partial charge < -0.3 is 0 Å². The Morgan fingerprint density at radius 2 is 1.85 bits per heavy atom. The van der Waals surface area contributed by atoms with Crippen molar-refractivity contribution in [3.05, 3.63) is 73.1 Å². The number of hydrogen-bond donors (Lipinski definition) is 1. The number of thiophene rings is 1. The predicted octanol–water partition coefficient (Wildman–Crippen LogP) is 2.91. The summed E-state index contributed by atoms with van der Waals surface area (Å²) in [4.78, 5) is 27.1. The van der Waals surface area contributed by atoms with E-state index in [9.17, 15) is 9.59 Å². The maximum absolute atomic E-state index is 12.6. The van der Waals surface area contributed by atoms with E-state index in [-0.39, 0.29) is 10.7 Å². The molecule has 3 aromatic rings. The van der Waals surface area contributed by atoms with Crippen LogP contribution in [0.3, 0.4) is 0 Å². The molecule has 0 fully saturated rings. The summed E-state index contributed by atoms with van der Waals surface area (Å²) in [7, 11) is 0. The zero-order valence-electron chi connectivity index (χ0n) is 10.2. The molecule has 0 bridgehead atoms. The smallest absolute Gasteiger partial charge is 0.297 e. The lowest BCUT2D eigenvalue weighted by Crippen LogP contribution is -2.34. The van der Waals surface area contributed by atoms with Crippen LogP contribution >= 0.6 is 22.9 Å². The number of aromatic nitrogens is 2. The number of hydrogen-bond acceptors (Lipinski definition) is 3. The van der Waals surface area contributed by atoms with Crippen molar-refractivity contribution in [2.45, 2.75) is 0 Å². The maximum Gasteiger partial charge on any atom is 0.334 e. The SMILES string of the molecule is O=c1[nH]c(Cl)c(-c2ccccc2)c(=O)n1-c1ccsc1. The predicted molar refractivity (Wildman–Crippen MR) is 81.0 cm³/mol. The van der Waals surface area contributed by atoms with Crippen LogP contribution in [0.5, 0.6) is 0 Å². The molecule has 2 aromatic heterocycles. The molecule has 0 saturated carbocycles. The summed E-state index contributed by atoms with van der Waals surface area (Å²) in [5.74, 6) is 0. The summed E-state index contributed by atoms with van der Waals surface area (Å²) in [6, 6.07) is 10.7. The number of nitrogens with zero attached hydrogens (tertiary/aromatic N) is 1. The van der Waals surface area contributed by atoms with Crippen molar-refractivity contribution < 1.29 is 0 Å². The summed E-state index contributed by atoms with van der Waals surface area (Å²) < 4.78 is 1.09. The molecule has 0 aliphatic rings. The standard InChI is InChI=1S/C14H9ClN2O2S/c15-12-11(9-4-2-1-3-5-9)13(18)17(14(19)16-12)10-6-7-20-8-10/h1-8H,(H,16,19). The zero-order chi connectivity index (χ0) is 14.1. The molecule has 0 aliphatic carbocycles. The molecule has 0 spiro atoms. The number of halogens is 1. The normalized spacial score (nSPS) is 10.7. The highest BCUT2D eigenvalue weighted by Crippen LogP contribution is 2.21. The fraction of sp³-hybridized carbons (Fsp3) is 0. The van der Waals surface area contributed by atoms with E-state index in [0.29, 0.717) is 11.3 Å². The minimum absolute atomic E-state index is 0.0534. The van der Waals surface area contributed by atoms with Crippen LogP contribution in [0.25, 0.3) is 16.8 Å². The molecule has 0 saturated heterocycles. The lowest BCUT2D eigenvalue weighted by Gasteiger charge is -2.07. The van der Waals surface area contributed by atoms with E-state index in [1.54, 1.807) is 29.0 Å². The van der Waals surface area contributed by atoms with Gasteiger partial charge in [-0.2, -0.15) is 11.3 Å². The van der Waals surface area contributed by atoms with Crippen molar-refractivity contribution in [3.8, 4) is 16.8 Å². The van der Waals surface area contributed by atoms with E-state index in [1.807, 2.05) is 18.2 Å². The van der Waals surface area contributed by atoms with Gasteiger partial charge in [0, 0.05) is 5.38 Å². The summed E-state index contributed by atoms with van der Waals surface area (Å²) in [6.07, 6.45) is 0. The van der Waals surface area contributed by atoms with Gasteiger partial charge in [-0.3, -0.25) is 9.78 Å². The molecule has 6 heteroatoms. The molecule has 20 heavy (non-hydrogen) atoms. The Kier molecular flexibility index (Phi) is 3.30. The molecule has 3 rings (SSSR count). The molecule has 0 unspecified atom stereocenters. The van der Waals surface area contributed by atoms with Gasteiger partial charge in [0.1, 0.15) is 5.15 Å². The lowest BCUT2D eigenvalue weighted by molar-refractivity contribution is 0.883. The van der Waals surface area contributed by atoms with Crippen molar-refractivity contribution in [3.63, 3.8) is 0 Å². The van der Waals surface area contributed by atoms with Crippen LogP contribution in [0.15, 0.2) is 56.7 Å². The summed E-state index contributed by atoms with van der Waals surface area (Å²) in [5.41, 5.74) is 0.525.